The zero-order chi connectivity index (χ0) is 15.9. The molecule has 0 saturated carbocycles. The molecule has 0 aliphatic heterocycles. The largest absolute Gasteiger partial charge is 0.497 e. The van der Waals surface area contributed by atoms with Crippen LogP contribution in [0.2, 0.25) is 0 Å². The third-order valence-electron chi connectivity index (χ3n) is 3.44. The summed E-state index contributed by atoms with van der Waals surface area (Å²) >= 11 is 0. The van der Waals surface area contributed by atoms with Crippen LogP contribution in [-0.2, 0) is 11.3 Å². The van der Waals surface area contributed by atoms with E-state index in [0.29, 0.717) is 18.0 Å². The number of methoxy groups -OCH3 is 1. The first kappa shape index (κ1) is 15.9. The minimum absolute atomic E-state index is 0.147. The molecule has 0 aliphatic rings. The molecule has 0 fully saturated rings. The number of carbonyl (C=O) groups is 1. The molecule has 0 aliphatic carbocycles. The first-order chi connectivity index (χ1) is 10.6. The quantitative estimate of drug-likeness (QED) is 0.891. The van der Waals surface area contributed by atoms with Crippen molar-refractivity contribution < 1.29 is 14.3 Å². The van der Waals surface area contributed by atoms with Gasteiger partial charge in [-0.3, -0.25) is 4.79 Å². The van der Waals surface area contributed by atoms with E-state index >= 15 is 0 Å². The molecule has 1 amide bonds. The molecule has 0 spiro atoms. The number of carbonyl (C=O) groups excluding carboxylic acids is 1. The maximum absolute atomic E-state index is 12.1. The fraction of sp³-hybridized carbons (Fsp3) is 0.278. The standard InChI is InChI=1S/C18H21NO3/c1-13-7-4-5-8-15(13)12-19-18(20)14(2)22-17-10-6-9-16(11-17)21-3/h4-11,14H,12H2,1-3H3,(H,19,20)/t14-/m0/s1. The number of aryl methyl sites for hydroxylation is 1. The van der Waals surface area contributed by atoms with Gasteiger partial charge in [0.15, 0.2) is 6.10 Å². The van der Waals surface area contributed by atoms with E-state index < -0.39 is 6.10 Å². The lowest BCUT2D eigenvalue weighted by atomic mass is 10.1. The molecule has 2 aromatic carbocycles. The minimum Gasteiger partial charge on any atom is -0.497 e. The van der Waals surface area contributed by atoms with Crippen molar-refractivity contribution in [1.82, 2.24) is 5.32 Å². The van der Waals surface area contributed by atoms with Gasteiger partial charge in [-0.2, -0.15) is 0 Å². The maximum atomic E-state index is 12.1. The van der Waals surface area contributed by atoms with Crippen LogP contribution in [0.4, 0.5) is 0 Å². The van der Waals surface area contributed by atoms with Gasteiger partial charge in [0.1, 0.15) is 11.5 Å². The Morgan fingerprint density at radius 1 is 1.14 bits per heavy atom. The van der Waals surface area contributed by atoms with Crippen molar-refractivity contribution in [1.29, 1.82) is 0 Å². The first-order valence-corrected chi connectivity index (χ1v) is 7.23. The van der Waals surface area contributed by atoms with Gasteiger partial charge in [0.05, 0.1) is 7.11 Å². The summed E-state index contributed by atoms with van der Waals surface area (Å²) in [6.45, 7) is 4.25. The molecule has 4 heteroatoms. The summed E-state index contributed by atoms with van der Waals surface area (Å²) in [5, 5.41) is 2.89. The van der Waals surface area contributed by atoms with Crippen LogP contribution in [0.1, 0.15) is 18.1 Å². The number of hydrogen-bond donors (Lipinski definition) is 1. The average molecular weight is 299 g/mol. The predicted molar refractivity (Wildman–Crippen MR) is 86.1 cm³/mol. The monoisotopic (exact) mass is 299 g/mol. The summed E-state index contributed by atoms with van der Waals surface area (Å²) < 4.78 is 10.8. The molecule has 22 heavy (non-hydrogen) atoms. The number of hydrogen-bond acceptors (Lipinski definition) is 3. The highest BCUT2D eigenvalue weighted by atomic mass is 16.5. The van der Waals surface area contributed by atoms with Crippen LogP contribution >= 0.6 is 0 Å². The third-order valence-corrected chi connectivity index (χ3v) is 3.44. The Labute approximate surface area is 131 Å². The summed E-state index contributed by atoms with van der Waals surface area (Å²) in [4.78, 5) is 12.1. The number of nitrogens with one attached hydrogen (secondary N) is 1. The van der Waals surface area contributed by atoms with Crippen LogP contribution in [-0.4, -0.2) is 19.1 Å². The molecular formula is C18H21NO3. The van der Waals surface area contributed by atoms with Crippen molar-refractivity contribution in [2.24, 2.45) is 0 Å². The number of ether oxygens (including phenoxy) is 2. The Kier molecular flexibility index (Phi) is 5.42. The fourth-order valence-electron chi connectivity index (χ4n) is 2.07. The second-order valence-corrected chi connectivity index (χ2v) is 5.08. The highest BCUT2D eigenvalue weighted by Crippen LogP contribution is 2.20. The third kappa shape index (κ3) is 4.25. The van der Waals surface area contributed by atoms with Crippen LogP contribution < -0.4 is 14.8 Å². The van der Waals surface area contributed by atoms with Crippen molar-refractivity contribution in [2.45, 2.75) is 26.5 Å². The lowest BCUT2D eigenvalue weighted by Crippen LogP contribution is -2.36. The van der Waals surface area contributed by atoms with E-state index in [1.807, 2.05) is 43.3 Å². The van der Waals surface area contributed by atoms with Crippen molar-refractivity contribution in [3.8, 4) is 11.5 Å². The summed E-state index contributed by atoms with van der Waals surface area (Å²) in [6.07, 6.45) is -0.573. The van der Waals surface area contributed by atoms with Gasteiger partial charge in [0.25, 0.3) is 5.91 Å². The second-order valence-electron chi connectivity index (χ2n) is 5.08. The SMILES string of the molecule is COc1cccc(O[C@@H](C)C(=O)NCc2ccccc2C)c1. The smallest absolute Gasteiger partial charge is 0.261 e. The summed E-state index contributed by atoms with van der Waals surface area (Å²) in [5.74, 6) is 1.16. The molecule has 4 nitrogen and oxygen atoms in total. The zero-order valence-corrected chi connectivity index (χ0v) is 13.1. The maximum Gasteiger partial charge on any atom is 0.261 e. The predicted octanol–water partition coefficient (Wildman–Crippen LogP) is 3.09. The molecule has 0 aromatic heterocycles. The van der Waals surface area contributed by atoms with Gasteiger partial charge >= 0.3 is 0 Å². The minimum atomic E-state index is -0.573. The summed E-state index contributed by atoms with van der Waals surface area (Å²) in [7, 11) is 1.59. The van der Waals surface area contributed by atoms with Gasteiger partial charge < -0.3 is 14.8 Å². The van der Waals surface area contributed by atoms with E-state index in [2.05, 4.69) is 5.32 Å². The Hall–Kier alpha value is -2.49. The van der Waals surface area contributed by atoms with E-state index in [0.717, 1.165) is 11.1 Å². The van der Waals surface area contributed by atoms with Gasteiger partial charge in [-0.05, 0) is 37.1 Å². The molecule has 0 heterocycles. The number of rotatable bonds is 6. The van der Waals surface area contributed by atoms with Gasteiger partial charge in [-0.15, -0.1) is 0 Å². The summed E-state index contributed by atoms with van der Waals surface area (Å²) in [6, 6.07) is 15.2. The van der Waals surface area contributed by atoms with Crippen molar-refractivity contribution >= 4 is 5.91 Å². The Balaban J connectivity index is 1.90. The Morgan fingerprint density at radius 2 is 1.86 bits per heavy atom. The van der Waals surface area contributed by atoms with E-state index in [9.17, 15) is 4.79 Å². The average Bonchev–Trinajstić information content (AvgIpc) is 2.54. The molecular weight excluding hydrogens is 278 g/mol. The van der Waals surface area contributed by atoms with Gasteiger partial charge in [-0.25, -0.2) is 0 Å². The zero-order valence-electron chi connectivity index (χ0n) is 13.1. The van der Waals surface area contributed by atoms with Crippen molar-refractivity contribution in [3.05, 3.63) is 59.7 Å². The summed E-state index contributed by atoms with van der Waals surface area (Å²) in [5.41, 5.74) is 2.26. The molecule has 0 saturated heterocycles. The fourth-order valence-corrected chi connectivity index (χ4v) is 2.07. The van der Waals surface area contributed by atoms with Crippen LogP contribution in [0.3, 0.4) is 0 Å². The molecule has 0 unspecified atom stereocenters. The van der Waals surface area contributed by atoms with Gasteiger partial charge in [0.2, 0.25) is 0 Å². The van der Waals surface area contributed by atoms with Crippen LogP contribution in [0.5, 0.6) is 11.5 Å². The molecule has 1 atom stereocenters. The number of benzene rings is 2. The molecule has 0 bridgehead atoms. The number of amides is 1. The van der Waals surface area contributed by atoms with Crippen molar-refractivity contribution in [2.75, 3.05) is 7.11 Å². The first-order valence-electron chi connectivity index (χ1n) is 7.23. The van der Waals surface area contributed by atoms with Crippen LogP contribution in [0, 0.1) is 6.92 Å². The molecule has 1 N–H and O–H groups in total. The second kappa shape index (κ2) is 7.50. The Morgan fingerprint density at radius 3 is 2.59 bits per heavy atom. The van der Waals surface area contributed by atoms with Gasteiger partial charge in [0, 0.05) is 12.6 Å². The van der Waals surface area contributed by atoms with E-state index in [4.69, 9.17) is 9.47 Å². The van der Waals surface area contributed by atoms with E-state index in [-0.39, 0.29) is 5.91 Å². The van der Waals surface area contributed by atoms with Crippen LogP contribution in [0.25, 0.3) is 0 Å². The highest BCUT2D eigenvalue weighted by Gasteiger charge is 2.14. The Bertz CT molecular complexity index is 640. The van der Waals surface area contributed by atoms with Crippen LogP contribution in [0.15, 0.2) is 48.5 Å². The van der Waals surface area contributed by atoms with E-state index in [1.165, 1.54) is 0 Å². The molecule has 2 aromatic rings. The molecule has 0 radical (unpaired) electrons. The normalized spacial score (nSPS) is 11.6. The molecule has 2 rings (SSSR count). The highest BCUT2D eigenvalue weighted by molar-refractivity contribution is 5.80. The topological polar surface area (TPSA) is 47.6 Å². The lowest BCUT2D eigenvalue weighted by molar-refractivity contribution is -0.127. The van der Waals surface area contributed by atoms with E-state index in [1.54, 1.807) is 26.2 Å². The molecule has 116 valence electrons. The lowest BCUT2D eigenvalue weighted by Gasteiger charge is -2.15. The van der Waals surface area contributed by atoms with Crippen molar-refractivity contribution in [3.63, 3.8) is 0 Å². The van der Waals surface area contributed by atoms with Gasteiger partial charge in [-0.1, -0.05) is 30.3 Å².